The lowest BCUT2D eigenvalue weighted by atomic mass is 10.2. The number of aromatic nitrogens is 3. The summed E-state index contributed by atoms with van der Waals surface area (Å²) in [5.74, 6) is -2.13. The van der Waals surface area contributed by atoms with Crippen molar-refractivity contribution in [2.24, 2.45) is 21.1 Å². The Morgan fingerprint density at radius 1 is 0.556 bits per heavy atom. The zero-order valence-electron chi connectivity index (χ0n) is 31.9. The number of amides is 7. The summed E-state index contributed by atoms with van der Waals surface area (Å²) >= 11 is 0. The van der Waals surface area contributed by atoms with Crippen molar-refractivity contribution in [3.05, 3.63) is 53.9 Å². The largest absolute Gasteiger partial charge is 0.444 e. The van der Waals surface area contributed by atoms with Crippen LogP contribution in [0.1, 0.15) is 91.3 Å². The molecule has 0 unspecified atom stereocenters. The van der Waals surface area contributed by atoms with Gasteiger partial charge in [0.05, 0.1) is 17.1 Å². The molecule has 0 saturated heterocycles. The summed E-state index contributed by atoms with van der Waals surface area (Å²) in [7, 11) is 4.96. The number of alkyl carbamates (subject to hydrolysis) is 1. The highest BCUT2D eigenvalue weighted by atomic mass is 16.6. The number of hydrogen-bond donors (Lipinski definition) is 7. The molecular formula is C36H52N10O8. The number of hydrogen-bond acceptors (Lipinski definition) is 8. The predicted octanol–water partition coefficient (Wildman–Crippen LogP) is 2.60. The molecule has 0 aromatic carbocycles. The van der Waals surface area contributed by atoms with Gasteiger partial charge in [0.1, 0.15) is 22.7 Å². The molecule has 54 heavy (non-hydrogen) atoms. The van der Waals surface area contributed by atoms with Crippen molar-refractivity contribution in [3.8, 4) is 0 Å². The van der Waals surface area contributed by atoms with Crippen LogP contribution in [0.2, 0.25) is 0 Å². The molecule has 7 amide bonds. The van der Waals surface area contributed by atoms with Crippen LogP contribution in [0.15, 0.2) is 36.8 Å². The van der Waals surface area contributed by atoms with E-state index in [1.807, 2.05) is 6.92 Å². The third-order valence-electron chi connectivity index (χ3n) is 7.63. The summed E-state index contributed by atoms with van der Waals surface area (Å²) in [6, 6.07) is 4.54. The summed E-state index contributed by atoms with van der Waals surface area (Å²) in [6.07, 6.45) is 5.66. The molecule has 7 N–H and O–H groups in total. The Hall–Kier alpha value is -6.07. The van der Waals surface area contributed by atoms with Gasteiger partial charge < -0.3 is 55.7 Å². The summed E-state index contributed by atoms with van der Waals surface area (Å²) in [4.78, 5) is 87.0. The highest BCUT2D eigenvalue weighted by Crippen LogP contribution is 2.18. The van der Waals surface area contributed by atoms with Crippen LogP contribution in [0, 0.1) is 0 Å². The molecule has 0 saturated carbocycles. The van der Waals surface area contributed by atoms with E-state index in [-0.39, 0.29) is 62.1 Å². The number of carbonyl (C=O) groups excluding carboxylic acids is 7. The summed E-state index contributed by atoms with van der Waals surface area (Å²) in [5.41, 5.74) is 1.38. The smallest absolute Gasteiger partial charge is 0.407 e. The number of nitrogens with one attached hydrogen (secondary N) is 7. The number of anilines is 3. The molecule has 0 bridgehead atoms. The van der Waals surface area contributed by atoms with Crippen LogP contribution in [0.5, 0.6) is 0 Å². The predicted molar refractivity (Wildman–Crippen MR) is 202 cm³/mol. The van der Waals surface area contributed by atoms with Crippen LogP contribution in [-0.2, 0) is 40.3 Å². The molecule has 0 atom stereocenters. The van der Waals surface area contributed by atoms with Crippen LogP contribution in [0.4, 0.5) is 21.9 Å². The van der Waals surface area contributed by atoms with Crippen LogP contribution in [-0.4, -0.2) is 87.0 Å². The van der Waals surface area contributed by atoms with Crippen LogP contribution in [0.3, 0.4) is 0 Å². The van der Waals surface area contributed by atoms with Crippen molar-refractivity contribution < 1.29 is 38.3 Å². The van der Waals surface area contributed by atoms with E-state index < -0.39 is 35.3 Å². The maximum Gasteiger partial charge on any atom is 0.407 e. The minimum absolute atomic E-state index is 0.0261. The van der Waals surface area contributed by atoms with Gasteiger partial charge in [0.2, 0.25) is 17.7 Å². The Bertz CT molecular complexity index is 1830. The van der Waals surface area contributed by atoms with Gasteiger partial charge in [-0.05, 0) is 51.8 Å². The van der Waals surface area contributed by atoms with Crippen molar-refractivity contribution in [3.63, 3.8) is 0 Å². The van der Waals surface area contributed by atoms with Gasteiger partial charge in [0, 0.05) is 85.2 Å². The molecule has 3 rings (SSSR count). The van der Waals surface area contributed by atoms with Gasteiger partial charge >= 0.3 is 6.09 Å². The van der Waals surface area contributed by atoms with Gasteiger partial charge in [0.15, 0.2) is 0 Å². The highest BCUT2D eigenvalue weighted by Gasteiger charge is 2.19. The van der Waals surface area contributed by atoms with Crippen molar-refractivity contribution in [2.45, 2.75) is 65.4 Å². The van der Waals surface area contributed by atoms with Gasteiger partial charge in [-0.1, -0.05) is 6.92 Å². The van der Waals surface area contributed by atoms with Gasteiger partial charge in [0.25, 0.3) is 17.7 Å². The Morgan fingerprint density at radius 3 is 1.48 bits per heavy atom. The number of ether oxygens (including phenoxy) is 1. The minimum atomic E-state index is -0.614. The topological polar surface area (TPSA) is 228 Å². The van der Waals surface area contributed by atoms with E-state index in [9.17, 15) is 33.6 Å². The molecule has 0 spiro atoms. The zero-order valence-corrected chi connectivity index (χ0v) is 31.9. The third kappa shape index (κ3) is 13.8. The lowest BCUT2D eigenvalue weighted by Gasteiger charge is -2.19. The molecule has 18 nitrogen and oxygen atoms in total. The second-order valence-corrected chi connectivity index (χ2v) is 13.6. The first kappa shape index (κ1) is 42.3. The highest BCUT2D eigenvalue weighted by molar-refractivity contribution is 6.05. The SMILES string of the molecule is CCCNC(=O)CCNC(=O)c1cc(NC(=O)c2cc(NC(=O)CCNC(=O)c3cc(NC(=O)CCCNC(=O)OC(C)(C)C)cn3C)cn2C)cn1C. The van der Waals surface area contributed by atoms with E-state index in [1.54, 1.807) is 74.2 Å². The van der Waals surface area contributed by atoms with E-state index in [1.165, 1.54) is 18.2 Å². The van der Waals surface area contributed by atoms with Gasteiger partial charge in [-0.2, -0.15) is 0 Å². The Labute approximate surface area is 314 Å². The maximum absolute atomic E-state index is 13.1. The fraction of sp³-hybridized carbons (Fsp3) is 0.472. The molecule has 0 aliphatic heterocycles. The summed E-state index contributed by atoms with van der Waals surface area (Å²) in [5, 5.41) is 18.9. The molecule has 0 fully saturated rings. The summed E-state index contributed by atoms with van der Waals surface area (Å²) < 4.78 is 9.81. The lowest BCUT2D eigenvalue weighted by Crippen LogP contribution is -2.33. The number of aryl methyl sites for hydroxylation is 3. The average Bonchev–Trinajstić information content (AvgIpc) is 3.75. The molecule has 3 heterocycles. The fourth-order valence-electron chi connectivity index (χ4n) is 5.08. The van der Waals surface area contributed by atoms with Crippen molar-refractivity contribution >= 4 is 58.6 Å². The molecule has 0 aliphatic rings. The maximum atomic E-state index is 13.1. The van der Waals surface area contributed by atoms with Crippen molar-refractivity contribution in [2.75, 3.05) is 42.1 Å². The quantitative estimate of drug-likeness (QED) is 0.0954. The fourth-order valence-corrected chi connectivity index (χ4v) is 5.08. The first-order valence-corrected chi connectivity index (χ1v) is 17.7. The minimum Gasteiger partial charge on any atom is -0.444 e. The first-order chi connectivity index (χ1) is 25.4. The van der Waals surface area contributed by atoms with Crippen LogP contribution in [0.25, 0.3) is 0 Å². The standard InChI is InChI=1S/C36H52N10O8/c1-8-13-37-29(47)11-15-38-33(51)27-19-25(22-45(27)6)43-34(52)28-18-24(21-46(28)7)42-31(49)12-16-39-32(50)26-17-23(20-44(26)5)41-30(48)10-9-14-40-35(53)54-36(2,3)4/h17-22H,8-16H2,1-7H3,(H,37,47)(H,38,51)(H,39,50)(H,40,53)(H,41,48)(H,42,49)(H,43,52). The van der Waals surface area contributed by atoms with Gasteiger partial charge in [-0.3, -0.25) is 28.8 Å². The third-order valence-corrected chi connectivity index (χ3v) is 7.63. The normalized spacial score (nSPS) is 10.9. The average molecular weight is 753 g/mol. The molecule has 294 valence electrons. The number of carbonyl (C=O) groups is 7. The van der Waals surface area contributed by atoms with E-state index in [0.29, 0.717) is 35.7 Å². The van der Waals surface area contributed by atoms with Gasteiger partial charge in [-0.25, -0.2) is 4.79 Å². The number of nitrogens with zero attached hydrogens (tertiary/aromatic N) is 3. The molecule has 0 aliphatic carbocycles. The monoisotopic (exact) mass is 752 g/mol. The van der Waals surface area contributed by atoms with E-state index in [4.69, 9.17) is 4.74 Å². The first-order valence-electron chi connectivity index (χ1n) is 17.7. The molecule has 18 heteroatoms. The zero-order chi connectivity index (χ0) is 40.0. The Balaban J connectivity index is 1.42. The van der Waals surface area contributed by atoms with E-state index in [0.717, 1.165) is 6.42 Å². The van der Waals surface area contributed by atoms with E-state index in [2.05, 4.69) is 37.2 Å². The van der Waals surface area contributed by atoms with Crippen molar-refractivity contribution in [1.82, 2.24) is 35.0 Å². The molecular weight excluding hydrogens is 700 g/mol. The Morgan fingerprint density at radius 2 is 1.00 bits per heavy atom. The molecule has 3 aromatic heterocycles. The molecule has 0 radical (unpaired) electrons. The second kappa shape index (κ2) is 19.7. The Kier molecular flexibility index (Phi) is 15.4. The van der Waals surface area contributed by atoms with Crippen LogP contribution >= 0.6 is 0 Å². The van der Waals surface area contributed by atoms with Crippen LogP contribution < -0.4 is 37.2 Å². The number of rotatable bonds is 18. The second-order valence-electron chi connectivity index (χ2n) is 13.6. The lowest BCUT2D eigenvalue weighted by molar-refractivity contribution is -0.121. The summed E-state index contributed by atoms with van der Waals surface area (Å²) in [6.45, 7) is 8.26. The van der Waals surface area contributed by atoms with Crippen molar-refractivity contribution in [1.29, 1.82) is 0 Å². The van der Waals surface area contributed by atoms with Gasteiger partial charge in [-0.15, -0.1) is 0 Å². The van der Waals surface area contributed by atoms with E-state index >= 15 is 0 Å². The molecule has 3 aromatic rings.